The summed E-state index contributed by atoms with van der Waals surface area (Å²) in [4.78, 5) is 17.1. The lowest BCUT2D eigenvalue weighted by atomic mass is 9.71. The normalized spacial score (nSPS) is 25.7. The van der Waals surface area contributed by atoms with E-state index in [0.29, 0.717) is 18.3 Å². The number of rotatable bonds is 8. The van der Waals surface area contributed by atoms with Crippen LogP contribution in [0.25, 0.3) is 0 Å². The minimum atomic E-state index is -0.225. The average Bonchev–Trinajstić information content (AvgIpc) is 3.44. The fourth-order valence-corrected chi connectivity index (χ4v) is 4.83. The predicted molar refractivity (Wildman–Crippen MR) is 108 cm³/mol. The lowest BCUT2D eigenvalue weighted by Gasteiger charge is -2.56. The highest BCUT2D eigenvalue weighted by Crippen LogP contribution is 2.47. The predicted octanol–water partition coefficient (Wildman–Crippen LogP) is 3.94. The van der Waals surface area contributed by atoms with Crippen LogP contribution in [0.3, 0.4) is 0 Å². The number of hydrogen-bond acceptors (Lipinski definition) is 4. The summed E-state index contributed by atoms with van der Waals surface area (Å²) in [5.41, 5.74) is 1.41. The van der Waals surface area contributed by atoms with Crippen molar-refractivity contribution in [3.63, 3.8) is 0 Å². The first-order valence-electron chi connectivity index (χ1n) is 10.4. The van der Waals surface area contributed by atoms with E-state index in [1.165, 1.54) is 12.0 Å². The number of benzene rings is 1. The van der Waals surface area contributed by atoms with Crippen molar-refractivity contribution in [2.75, 3.05) is 26.2 Å². The summed E-state index contributed by atoms with van der Waals surface area (Å²) < 4.78 is 5.39. The van der Waals surface area contributed by atoms with Crippen LogP contribution in [0.1, 0.15) is 43.6 Å². The first-order chi connectivity index (χ1) is 13.7. The Morgan fingerprint density at radius 1 is 1.36 bits per heavy atom. The molecule has 1 saturated heterocycles. The van der Waals surface area contributed by atoms with Crippen molar-refractivity contribution in [1.29, 1.82) is 5.26 Å². The fraction of sp³-hybridized carbons (Fsp3) is 0.565. The molecular weight excluding hydrogens is 350 g/mol. The number of amides is 1. The maximum Gasteiger partial charge on any atom is 0.410 e. The molecule has 0 N–H and O–H groups in total. The lowest BCUT2D eigenvalue weighted by molar-refractivity contribution is -0.0663. The van der Waals surface area contributed by atoms with Gasteiger partial charge in [0.2, 0.25) is 0 Å². The van der Waals surface area contributed by atoms with Gasteiger partial charge in [-0.2, -0.15) is 5.26 Å². The number of nitrogens with zero attached hydrogens (tertiary/aromatic N) is 3. The third-order valence-corrected chi connectivity index (χ3v) is 6.72. The summed E-state index contributed by atoms with van der Waals surface area (Å²) in [5, 5.41) is 9.17. The van der Waals surface area contributed by atoms with Gasteiger partial charge in [0.05, 0.1) is 12.5 Å². The highest BCUT2D eigenvalue weighted by Gasteiger charge is 2.50. The largest absolute Gasteiger partial charge is 0.445 e. The van der Waals surface area contributed by atoms with Crippen molar-refractivity contribution in [3.8, 4) is 6.07 Å². The molecule has 0 unspecified atom stereocenters. The van der Waals surface area contributed by atoms with E-state index in [-0.39, 0.29) is 24.3 Å². The summed E-state index contributed by atoms with van der Waals surface area (Å²) in [6.07, 6.45) is 6.52. The van der Waals surface area contributed by atoms with Crippen molar-refractivity contribution in [2.45, 2.75) is 49.6 Å². The van der Waals surface area contributed by atoms with Crippen LogP contribution in [-0.4, -0.2) is 53.7 Å². The van der Waals surface area contributed by atoms with Gasteiger partial charge in [-0.05, 0) is 31.2 Å². The van der Waals surface area contributed by atoms with Crippen LogP contribution in [0, 0.1) is 17.2 Å². The SMILES string of the molecule is C=CCOC(=O)N(CC1CN(C2(CC#N)CCC2)C1)[C@@H]1C[C@H]1c1ccccc1. The van der Waals surface area contributed by atoms with Crippen LogP contribution in [0.2, 0.25) is 0 Å². The van der Waals surface area contributed by atoms with Crippen molar-refractivity contribution < 1.29 is 9.53 Å². The monoisotopic (exact) mass is 379 g/mol. The molecule has 1 heterocycles. The number of likely N-dealkylation sites (tertiary alicyclic amines) is 1. The van der Waals surface area contributed by atoms with Gasteiger partial charge in [0, 0.05) is 43.1 Å². The van der Waals surface area contributed by atoms with Gasteiger partial charge in [-0.25, -0.2) is 4.79 Å². The molecule has 0 radical (unpaired) electrons. The molecule has 2 aliphatic carbocycles. The van der Waals surface area contributed by atoms with E-state index in [1.54, 1.807) is 6.08 Å². The molecule has 2 atom stereocenters. The molecule has 5 heteroatoms. The number of carbonyl (C=O) groups is 1. The van der Waals surface area contributed by atoms with E-state index in [9.17, 15) is 4.79 Å². The second-order valence-electron chi connectivity index (χ2n) is 8.52. The zero-order valence-electron chi connectivity index (χ0n) is 16.4. The van der Waals surface area contributed by atoms with E-state index in [2.05, 4.69) is 41.8 Å². The van der Waals surface area contributed by atoms with Crippen molar-refractivity contribution in [3.05, 3.63) is 48.6 Å². The molecule has 1 aromatic rings. The highest BCUT2D eigenvalue weighted by molar-refractivity contribution is 5.69. The van der Waals surface area contributed by atoms with Gasteiger partial charge in [0.15, 0.2) is 0 Å². The lowest BCUT2D eigenvalue weighted by Crippen LogP contribution is -2.64. The molecule has 0 spiro atoms. The Kier molecular flexibility index (Phi) is 5.41. The number of ether oxygens (including phenoxy) is 1. The maximum atomic E-state index is 12.7. The van der Waals surface area contributed by atoms with Crippen LogP contribution in [0.4, 0.5) is 4.79 Å². The maximum absolute atomic E-state index is 12.7. The Labute approximate surface area is 167 Å². The molecule has 5 nitrogen and oxygen atoms in total. The summed E-state index contributed by atoms with van der Waals surface area (Å²) in [5.74, 6) is 0.870. The van der Waals surface area contributed by atoms with E-state index in [0.717, 1.165) is 38.9 Å². The minimum Gasteiger partial charge on any atom is -0.445 e. The molecule has 4 rings (SSSR count). The van der Waals surface area contributed by atoms with Gasteiger partial charge >= 0.3 is 6.09 Å². The third-order valence-electron chi connectivity index (χ3n) is 6.72. The topological polar surface area (TPSA) is 56.6 Å². The molecule has 1 aliphatic heterocycles. The van der Waals surface area contributed by atoms with E-state index in [4.69, 9.17) is 10.00 Å². The van der Waals surface area contributed by atoms with Crippen LogP contribution in [0.15, 0.2) is 43.0 Å². The molecule has 1 amide bonds. The summed E-state index contributed by atoms with van der Waals surface area (Å²) >= 11 is 0. The van der Waals surface area contributed by atoms with Gasteiger partial charge in [-0.1, -0.05) is 43.0 Å². The van der Waals surface area contributed by atoms with Crippen LogP contribution in [0.5, 0.6) is 0 Å². The summed E-state index contributed by atoms with van der Waals surface area (Å²) in [7, 11) is 0. The highest BCUT2D eigenvalue weighted by atomic mass is 16.6. The molecule has 1 aromatic carbocycles. The molecule has 148 valence electrons. The van der Waals surface area contributed by atoms with Crippen LogP contribution >= 0.6 is 0 Å². The zero-order chi connectivity index (χ0) is 19.6. The van der Waals surface area contributed by atoms with E-state index in [1.807, 2.05) is 11.0 Å². The molecule has 28 heavy (non-hydrogen) atoms. The minimum absolute atomic E-state index is 0.117. The Morgan fingerprint density at radius 3 is 2.71 bits per heavy atom. The summed E-state index contributed by atoms with van der Waals surface area (Å²) in [6.45, 7) is 6.60. The Hall–Kier alpha value is -2.32. The second kappa shape index (κ2) is 7.97. The number of nitriles is 1. The molecule has 2 saturated carbocycles. The standard InChI is InChI=1S/C23H29N3O2/c1-2-13-28-22(27)26(21-14-20(21)19-7-4-3-5-8-19)17-18-15-25(16-18)23(11-12-24)9-6-10-23/h2-5,7-8,18,20-21H,1,6,9-11,13-17H2/t20-,21+/m0/s1. The number of carbonyl (C=O) groups excluding carboxylic acids is 1. The molecule has 3 aliphatic rings. The molecule has 3 fully saturated rings. The first kappa shape index (κ1) is 19.0. The Bertz CT molecular complexity index is 747. The van der Waals surface area contributed by atoms with Gasteiger partial charge in [-0.15, -0.1) is 0 Å². The molecule has 0 aromatic heterocycles. The van der Waals surface area contributed by atoms with Crippen molar-refractivity contribution in [2.24, 2.45) is 5.92 Å². The van der Waals surface area contributed by atoms with Crippen molar-refractivity contribution >= 4 is 6.09 Å². The van der Waals surface area contributed by atoms with Gasteiger partial charge in [-0.3, -0.25) is 4.90 Å². The first-order valence-corrected chi connectivity index (χ1v) is 10.4. The average molecular weight is 380 g/mol. The van der Waals surface area contributed by atoms with Crippen molar-refractivity contribution in [1.82, 2.24) is 9.80 Å². The van der Waals surface area contributed by atoms with Crippen LogP contribution < -0.4 is 0 Å². The second-order valence-corrected chi connectivity index (χ2v) is 8.52. The van der Waals surface area contributed by atoms with Gasteiger partial charge < -0.3 is 9.64 Å². The van der Waals surface area contributed by atoms with Gasteiger partial charge in [0.25, 0.3) is 0 Å². The zero-order valence-corrected chi connectivity index (χ0v) is 16.4. The van der Waals surface area contributed by atoms with Gasteiger partial charge in [0.1, 0.15) is 6.61 Å². The fourth-order valence-electron chi connectivity index (χ4n) is 4.83. The summed E-state index contributed by atoms with van der Waals surface area (Å²) in [6, 6.07) is 13.0. The quantitative estimate of drug-likeness (QED) is 0.642. The van der Waals surface area contributed by atoms with E-state index < -0.39 is 0 Å². The smallest absolute Gasteiger partial charge is 0.410 e. The Morgan fingerprint density at radius 2 is 2.11 bits per heavy atom. The van der Waals surface area contributed by atoms with E-state index >= 15 is 0 Å². The molecule has 0 bridgehead atoms. The number of hydrogen-bond donors (Lipinski definition) is 0. The van der Waals surface area contributed by atoms with Crippen LogP contribution in [-0.2, 0) is 4.74 Å². The molecular formula is C23H29N3O2. The Balaban J connectivity index is 1.37. The third kappa shape index (κ3) is 3.66.